The molecule has 1 fully saturated rings. The molecule has 0 aliphatic carbocycles. The van der Waals surface area contributed by atoms with Crippen LogP contribution in [0.4, 0.5) is 0 Å². The highest BCUT2D eigenvalue weighted by molar-refractivity contribution is 5.89. The zero-order valence-corrected chi connectivity index (χ0v) is 10.4. The number of aromatic nitrogens is 1. The molecule has 1 aliphatic rings. The van der Waals surface area contributed by atoms with E-state index in [1.807, 2.05) is 25.3 Å². The topological polar surface area (TPSA) is 51.3 Å². The maximum atomic E-state index is 12.0. The van der Waals surface area contributed by atoms with Crippen LogP contribution in [-0.4, -0.2) is 31.3 Å². The average molecular weight is 245 g/mol. The van der Waals surface area contributed by atoms with Crippen LogP contribution < -0.4 is 0 Å². The molecular formula is C14H15NO3. The molecule has 94 valence electrons. The molecule has 1 aliphatic heterocycles. The number of carbonyl (C=O) groups excluding carboxylic acids is 1. The number of hydrogen-bond acceptors (Lipinski definition) is 3. The number of H-pyrrole nitrogens is 1. The molecule has 1 saturated heterocycles. The van der Waals surface area contributed by atoms with Gasteiger partial charge in [0.05, 0.1) is 20.3 Å². The van der Waals surface area contributed by atoms with E-state index in [1.54, 1.807) is 0 Å². The Morgan fingerprint density at radius 1 is 1.44 bits per heavy atom. The molecule has 0 spiro atoms. The van der Waals surface area contributed by atoms with Crippen molar-refractivity contribution in [3.05, 3.63) is 35.5 Å². The fraction of sp³-hybridized carbons (Fsp3) is 0.357. The van der Waals surface area contributed by atoms with Crippen LogP contribution in [0.15, 0.2) is 24.4 Å². The van der Waals surface area contributed by atoms with E-state index in [1.165, 1.54) is 12.7 Å². The van der Waals surface area contributed by atoms with E-state index in [4.69, 9.17) is 9.47 Å². The van der Waals surface area contributed by atoms with E-state index in [0.717, 1.165) is 16.5 Å². The van der Waals surface area contributed by atoms with Gasteiger partial charge in [0.1, 0.15) is 5.41 Å². The van der Waals surface area contributed by atoms with Gasteiger partial charge >= 0.3 is 5.97 Å². The summed E-state index contributed by atoms with van der Waals surface area (Å²) >= 11 is 0. The van der Waals surface area contributed by atoms with Crippen molar-refractivity contribution in [2.75, 3.05) is 20.3 Å². The van der Waals surface area contributed by atoms with Gasteiger partial charge in [0.15, 0.2) is 0 Å². The second-order valence-electron chi connectivity index (χ2n) is 4.80. The van der Waals surface area contributed by atoms with Crippen molar-refractivity contribution < 1.29 is 14.3 Å². The summed E-state index contributed by atoms with van der Waals surface area (Å²) in [7, 11) is 1.42. The zero-order valence-electron chi connectivity index (χ0n) is 10.4. The van der Waals surface area contributed by atoms with Crippen molar-refractivity contribution in [2.45, 2.75) is 12.3 Å². The molecule has 0 atom stereocenters. The van der Waals surface area contributed by atoms with Crippen LogP contribution in [0.1, 0.15) is 11.1 Å². The summed E-state index contributed by atoms with van der Waals surface area (Å²) in [6, 6.07) is 6.03. The monoisotopic (exact) mass is 245 g/mol. The minimum absolute atomic E-state index is 0.221. The Labute approximate surface area is 105 Å². The minimum atomic E-state index is -0.618. The van der Waals surface area contributed by atoms with Gasteiger partial charge in [-0.25, -0.2) is 0 Å². The minimum Gasteiger partial charge on any atom is -0.468 e. The number of hydrogen-bond donors (Lipinski definition) is 1. The molecule has 1 aromatic heterocycles. The molecule has 0 unspecified atom stereocenters. The summed E-state index contributed by atoms with van der Waals surface area (Å²) in [5, 5.41) is 1.14. The van der Waals surface area contributed by atoms with Gasteiger partial charge in [-0.3, -0.25) is 4.79 Å². The number of nitrogens with one attached hydrogen (secondary N) is 1. The lowest BCUT2D eigenvalue weighted by Gasteiger charge is -2.38. The number of benzene rings is 1. The van der Waals surface area contributed by atoms with Gasteiger partial charge in [0, 0.05) is 17.1 Å². The van der Waals surface area contributed by atoms with Gasteiger partial charge in [-0.2, -0.15) is 0 Å². The second-order valence-corrected chi connectivity index (χ2v) is 4.80. The van der Waals surface area contributed by atoms with Crippen LogP contribution in [0.5, 0.6) is 0 Å². The lowest BCUT2D eigenvalue weighted by Crippen LogP contribution is -2.53. The normalized spacial score (nSPS) is 17.4. The van der Waals surface area contributed by atoms with E-state index in [2.05, 4.69) is 11.1 Å². The smallest absolute Gasteiger partial charge is 0.321 e. The zero-order chi connectivity index (χ0) is 12.8. The number of methoxy groups -OCH3 is 1. The molecule has 2 aromatic rings. The first-order chi connectivity index (χ1) is 8.67. The predicted molar refractivity (Wildman–Crippen MR) is 67.5 cm³/mol. The Balaban J connectivity index is 2.12. The second kappa shape index (κ2) is 3.85. The fourth-order valence-corrected chi connectivity index (χ4v) is 2.46. The first-order valence-corrected chi connectivity index (χ1v) is 5.92. The summed E-state index contributed by atoms with van der Waals surface area (Å²) in [6.07, 6.45) is 1.97. The molecule has 0 saturated carbocycles. The predicted octanol–water partition coefficient (Wildman–Crippen LogP) is 1.92. The molecule has 1 aromatic carbocycles. The largest absolute Gasteiger partial charge is 0.468 e. The Kier molecular flexibility index (Phi) is 2.41. The number of ether oxygens (including phenoxy) is 2. The Hall–Kier alpha value is -1.81. The molecule has 4 nitrogen and oxygen atoms in total. The van der Waals surface area contributed by atoms with Crippen molar-refractivity contribution in [1.82, 2.24) is 4.98 Å². The van der Waals surface area contributed by atoms with Crippen LogP contribution in [0.25, 0.3) is 10.9 Å². The van der Waals surface area contributed by atoms with Crippen LogP contribution in [0.2, 0.25) is 0 Å². The maximum absolute atomic E-state index is 12.0. The SMILES string of the molecule is COC(=O)C1(c2ccc3[nH]cc(C)c3c2)COC1. The van der Waals surface area contributed by atoms with Gasteiger partial charge in [0.25, 0.3) is 0 Å². The molecule has 4 heteroatoms. The van der Waals surface area contributed by atoms with Crippen molar-refractivity contribution >= 4 is 16.9 Å². The van der Waals surface area contributed by atoms with E-state index < -0.39 is 5.41 Å². The molecule has 1 N–H and O–H groups in total. The summed E-state index contributed by atoms with van der Waals surface area (Å²) < 4.78 is 10.1. The van der Waals surface area contributed by atoms with Crippen molar-refractivity contribution in [3.8, 4) is 0 Å². The lowest BCUT2D eigenvalue weighted by atomic mass is 9.78. The van der Waals surface area contributed by atoms with Gasteiger partial charge in [-0.05, 0) is 30.2 Å². The number of aryl methyl sites for hydroxylation is 1. The van der Waals surface area contributed by atoms with Crippen molar-refractivity contribution in [3.63, 3.8) is 0 Å². The van der Waals surface area contributed by atoms with E-state index in [0.29, 0.717) is 13.2 Å². The van der Waals surface area contributed by atoms with Crippen LogP contribution in [-0.2, 0) is 19.7 Å². The summed E-state index contributed by atoms with van der Waals surface area (Å²) in [6.45, 7) is 2.84. The first kappa shape index (κ1) is 11.3. The molecule has 0 bridgehead atoms. The van der Waals surface area contributed by atoms with E-state index >= 15 is 0 Å². The molecule has 18 heavy (non-hydrogen) atoms. The lowest BCUT2D eigenvalue weighted by molar-refractivity contribution is -0.166. The van der Waals surface area contributed by atoms with Crippen LogP contribution in [0.3, 0.4) is 0 Å². The van der Waals surface area contributed by atoms with E-state index in [-0.39, 0.29) is 5.97 Å². The fourth-order valence-electron chi connectivity index (χ4n) is 2.46. The quantitative estimate of drug-likeness (QED) is 0.822. The van der Waals surface area contributed by atoms with Crippen molar-refractivity contribution in [2.24, 2.45) is 0 Å². The van der Waals surface area contributed by atoms with E-state index in [9.17, 15) is 4.79 Å². The third kappa shape index (κ3) is 1.39. The first-order valence-electron chi connectivity index (χ1n) is 5.92. The maximum Gasteiger partial charge on any atom is 0.321 e. The Morgan fingerprint density at radius 2 is 2.22 bits per heavy atom. The van der Waals surface area contributed by atoms with Gasteiger partial charge in [0.2, 0.25) is 0 Å². The van der Waals surface area contributed by atoms with Gasteiger partial charge in [-0.15, -0.1) is 0 Å². The number of esters is 1. The summed E-state index contributed by atoms with van der Waals surface area (Å²) in [4.78, 5) is 15.2. The standard InChI is InChI=1S/C14H15NO3/c1-9-6-15-12-4-3-10(5-11(9)12)14(7-18-8-14)13(16)17-2/h3-6,15H,7-8H2,1-2H3. The highest BCUT2D eigenvalue weighted by atomic mass is 16.5. The summed E-state index contributed by atoms with van der Waals surface area (Å²) in [5.41, 5.74) is 2.60. The highest BCUT2D eigenvalue weighted by Crippen LogP contribution is 2.35. The van der Waals surface area contributed by atoms with Gasteiger partial charge < -0.3 is 14.5 Å². The number of fused-ring (bicyclic) bond motifs is 1. The number of rotatable bonds is 2. The van der Waals surface area contributed by atoms with Crippen LogP contribution >= 0.6 is 0 Å². The Morgan fingerprint density at radius 3 is 2.83 bits per heavy atom. The third-order valence-electron chi connectivity index (χ3n) is 3.71. The molecular weight excluding hydrogens is 230 g/mol. The third-order valence-corrected chi connectivity index (χ3v) is 3.71. The van der Waals surface area contributed by atoms with Crippen LogP contribution in [0, 0.1) is 6.92 Å². The summed E-state index contributed by atoms with van der Waals surface area (Å²) in [5.74, 6) is -0.221. The van der Waals surface area contributed by atoms with Crippen molar-refractivity contribution in [1.29, 1.82) is 0 Å². The molecule has 3 rings (SSSR count). The molecule has 2 heterocycles. The van der Waals surface area contributed by atoms with Gasteiger partial charge in [-0.1, -0.05) is 6.07 Å². The molecule has 0 amide bonds. The number of aromatic amines is 1. The Bertz CT molecular complexity index is 611. The number of carbonyl (C=O) groups is 1. The average Bonchev–Trinajstić information content (AvgIpc) is 2.69. The highest BCUT2D eigenvalue weighted by Gasteiger charge is 2.48. The molecule has 0 radical (unpaired) electrons.